The van der Waals surface area contributed by atoms with E-state index in [9.17, 15) is 14.4 Å². The van der Waals surface area contributed by atoms with Gasteiger partial charge in [-0.25, -0.2) is 4.79 Å². The molecular weight excluding hydrogens is 719 g/mol. The highest BCUT2D eigenvalue weighted by atomic mass is 16.6. The summed E-state index contributed by atoms with van der Waals surface area (Å²) in [5, 5.41) is 5.63. The van der Waals surface area contributed by atoms with Gasteiger partial charge in [-0.15, -0.1) is 0 Å². The molecule has 3 amide bonds. The first kappa shape index (κ1) is 38.2. The van der Waals surface area contributed by atoms with Gasteiger partial charge in [0.1, 0.15) is 29.9 Å². The van der Waals surface area contributed by atoms with Crippen LogP contribution in [0.2, 0.25) is 0 Å². The van der Waals surface area contributed by atoms with Crippen LogP contribution in [0.4, 0.5) is 10.5 Å². The fraction of sp³-hybridized carbons (Fsp3) is 0.149. The van der Waals surface area contributed by atoms with Crippen LogP contribution >= 0.6 is 0 Å². The van der Waals surface area contributed by atoms with Crippen LogP contribution in [-0.2, 0) is 16.1 Å². The number of nitrogens with zero attached hydrogens (tertiary/aromatic N) is 1. The van der Waals surface area contributed by atoms with Crippen molar-refractivity contribution in [3.63, 3.8) is 0 Å². The number of carbonyl (C=O) groups is 3. The van der Waals surface area contributed by atoms with E-state index in [1.54, 1.807) is 62.7 Å². The highest BCUT2D eigenvalue weighted by Crippen LogP contribution is 2.45. The molecule has 0 aromatic heterocycles. The number of ether oxygens (including phenoxy) is 4. The number of carbonyl (C=O) groups excluding carboxylic acids is 3. The Hall–Kier alpha value is -7.07. The Morgan fingerprint density at radius 1 is 0.667 bits per heavy atom. The van der Waals surface area contributed by atoms with E-state index in [1.807, 2.05) is 72.8 Å². The Balaban J connectivity index is 1.06. The second kappa shape index (κ2) is 17.6. The fourth-order valence-corrected chi connectivity index (χ4v) is 7.06. The number of anilines is 1. The lowest BCUT2D eigenvalue weighted by Gasteiger charge is -2.25. The monoisotopic (exact) mass is 760 g/mol. The number of rotatable bonds is 14. The van der Waals surface area contributed by atoms with Crippen molar-refractivity contribution in [1.82, 2.24) is 10.6 Å². The SMILES string of the molecule is CNC(=O)c1ccccc1[C](NC(=O)COc1ccc(CN(C(=O)OCC2c3ccccc3-c3ccccc32)c2ccc(OC)cc2OC)cc1)c1ccccc1. The standard InChI is InChI=1S/C47H42N3O7/c1-48-46(52)40-20-12-11-19-39(40)45(32-13-5-4-6-14-32)49-44(51)30-56-33-23-21-31(22-24-33)28-50(42-26-25-34(54-2)27-43(42)55-3)47(53)57-29-41-37-17-9-7-15-35(37)36-16-8-10-18-38(36)41/h4-27,41H,28-30H2,1-3H3,(H,48,52)(H,49,51). The zero-order chi connectivity index (χ0) is 39.7. The second-order valence-corrected chi connectivity index (χ2v) is 13.3. The van der Waals surface area contributed by atoms with Gasteiger partial charge in [-0.2, -0.15) is 0 Å². The summed E-state index contributed by atoms with van der Waals surface area (Å²) in [6.45, 7) is 0.0183. The van der Waals surface area contributed by atoms with Gasteiger partial charge >= 0.3 is 6.09 Å². The predicted molar refractivity (Wildman–Crippen MR) is 219 cm³/mol. The minimum absolute atomic E-state index is 0.110. The average Bonchev–Trinajstić information content (AvgIpc) is 3.59. The highest BCUT2D eigenvalue weighted by Gasteiger charge is 2.31. The molecule has 10 heteroatoms. The molecule has 0 unspecified atom stereocenters. The smallest absolute Gasteiger partial charge is 0.414 e. The molecule has 1 aliphatic carbocycles. The molecule has 0 spiro atoms. The minimum Gasteiger partial charge on any atom is -0.497 e. The maximum atomic E-state index is 14.1. The summed E-state index contributed by atoms with van der Waals surface area (Å²) >= 11 is 0. The van der Waals surface area contributed by atoms with Crippen molar-refractivity contribution < 1.29 is 33.3 Å². The molecule has 0 saturated heterocycles. The van der Waals surface area contributed by atoms with E-state index in [0.29, 0.717) is 40.1 Å². The van der Waals surface area contributed by atoms with E-state index in [4.69, 9.17) is 18.9 Å². The Labute approximate surface area is 332 Å². The minimum atomic E-state index is -0.541. The molecule has 10 nitrogen and oxygen atoms in total. The molecule has 0 bridgehead atoms. The number of amides is 3. The lowest BCUT2D eigenvalue weighted by molar-refractivity contribution is -0.122. The molecule has 0 saturated carbocycles. The summed E-state index contributed by atoms with van der Waals surface area (Å²) in [5.74, 6) is 0.693. The van der Waals surface area contributed by atoms with Crippen molar-refractivity contribution in [3.05, 3.63) is 185 Å². The number of hydrogen-bond donors (Lipinski definition) is 2. The van der Waals surface area contributed by atoms with E-state index in [2.05, 4.69) is 34.9 Å². The van der Waals surface area contributed by atoms with Crippen LogP contribution in [0.25, 0.3) is 11.1 Å². The van der Waals surface area contributed by atoms with Gasteiger partial charge < -0.3 is 29.6 Å². The number of hydrogen-bond acceptors (Lipinski definition) is 7. The third-order valence-electron chi connectivity index (χ3n) is 9.86. The molecule has 57 heavy (non-hydrogen) atoms. The van der Waals surface area contributed by atoms with Gasteiger partial charge in [0.15, 0.2) is 6.61 Å². The van der Waals surface area contributed by atoms with E-state index in [0.717, 1.165) is 33.4 Å². The fourth-order valence-electron chi connectivity index (χ4n) is 7.06. The zero-order valence-electron chi connectivity index (χ0n) is 31.9. The van der Waals surface area contributed by atoms with E-state index >= 15 is 0 Å². The zero-order valence-corrected chi connectivity index (χ0v) is 31.9. The molecule has 2 N–H and O–H groups in total. The van der Waals surface area contributed by atoms with Crippen molar-refractivity contribution in [1.29, 1.82) is 0 Å². The Morgan fingerprint density at radius 2 is 1.28 bits per heavy atom. The summed E-state index contributed by atoms with van der Waals surface area (Å²) in [6, 6.07) is 45.7. The quantitative estimate of drug-likeness (QED) is 0.115. The van der Waals surface area contributed by atoms with Gasteiger partial charge in [0.2, 0.25) is 0 Å². The Bertz CT molecular complexity index is 2320. The van der Waals surface area contributed by atoms with Crippen LogP contribution in [0.5, 0.6) is 17.2 Å². The van der Waals surface area contributed by atoms with Crippen LogP contribution in [-0.4, -0.2) is 52.4 Å². The Kier molecular flexibility index (Phi) is 11.8. The van der Waals surface area contributed by atoms with Crippen molar-refractivity contribution in [2.24, 2.45) is 0 Å². The lowest BCUT2D eigenvalue weighted by atomic mass is 9.94. The molecule has 0 aliphatic heterocycles. The summed E-state index contributed by atoms with van der Waals surface area (Å²) in [6.07, 6.45) is -0.541. The summed E-state index contributed by atoms with van der Waals surface area (Å²) in [4.78, 5) is 41.7. The molecular formula is C47H42N3O7. The molecule has 0 fully saturated rings. The lowest BCUT2D eigenvalue weighted by Crippen LogP contribution is -2.35. The molecule has 6 aromatic carbocycles. The maximum absolute atomic E-state index is 14.1. The second-order valence-electron chi connectivity index (χ2n) is 13.3. The van der Waals surface area contributed by atoms with Crippen molar-refractivity contribution in [3.8, 4) is 28.4 Å². The van der Waals surface area contributed by atoms with Gasteiger partial charge in [0, 0.05) is 24.6 Å². The van der Waals surface area contributed by atoms with Gasteiger partial charge in [0.05, 0.1) is 26.5 Å². The largest absolute Gasteiger partial charge is 0.497 e. The van der Waals surface area contributed by atoms with Crippen molar-refractivity contribution >= 4 is 23.6 Å². The summed E-state index contributed by atoms with van der Waals surface area (Å²) < 4.78 is 23.1. The number of nitrogens with one attached hydrogen (secondary N) is 2. The number of benzene rings is 6. The Morgan fingerprint density at radius 3 is 1.93 bits per heavy atom. The van der Waals surface area contributed by atoms with Gasteiger partial charge in [0.25, 0.3) is 11.8 Å². The number of methoxy groups -OCH3 is 2. The first-order chi connectivity index (χ1) is 27.9. The normalized spacial score (nSPS) is 11.6. The molecule has 0 heterocycles. The number of fused-ring (bicyclic) bond motifs is 3. The topological polar surface area (TPSA) is 115 Å². The van der Waals surface area contributed by atoms with Crippen LogP contribution in [0, 0.1) is 6.04 Å². The predicted octanol–water partition coefficient (Wildman–Crippen LogP) is 8.14. The molecule has 1 radical (unpaired) electrons. The van der Waals surface area contributed by atoms with E-state index < -0.39 is 12.0 Å². The van der Waals surface area contributed by atoms with Gasteiger partial charge in [-0.05, 0) is 69.3 Å². The van der Waals surface area contributed by atoms with Gasteiger partial charge in [-0.3, -0.25) is 14.5 Å². The maximum Gasteiger partial charge on any atom is 0.414 e. The third-order valence-corrected chi connectivity index (χ3v) is 9.86. The molecule has 6 aromatic rings. The molecule has 1 aliphatic rings. The van der Waals surface area contributed by atoms with Crippen LogP contribution in [0.15, 0.2) is 146 Å². The van der Waals surface area contributed by atoms with Gasteiger partial charge in [-0.1, -0.05) is 109 Å². The molecule has 7 rings (SSSR count). The molecule has 287 valence electrons. The van der Waals surface area contributed by atoms with Crippen LogP contribution in [0.1, 0.15) is 44.1 Å². The van der Waals surface area contributed by atoms with Crippen molar-refractivity contribution in [2.45, 2.75) is 12.5 Å². The van der Waals surface area contributed by atoms with Crippen molar-refractivity contribution in [2.75, 3.05) is 39.4 Å². The van der Waals surface area contributed by atoms with Crippen LogP contribution < -0.4 is 29.7 Å². The first-order valence-corrected chi connectivity index (χ1v) is 18.5. The van der Waals surface area contributed by atoms with Crippen LogP contribution in [0.3, 0.4) is 0 Å². The first-order valence-electron chi connectivity index (χ1n) is 18.5. The summed E-state index contributed by atoms with van der Waals surface area (Å²) in [7, 11) is 4.67. The average molecular weight is 761 g/mol. The van der Waals surface area contributed by atoms with E-state index in [1.165, 1.54) is 12.0 Å². The third kappa shape index (κ3) is 8.45. The highest BCUT2D eigenvalue weighted by molar-refractivity contribution is 5.97. The summed E-state index contributed by atoms with van der Waals surface area (Å²) in [5.41, 5.74) is 7.55. The molecule has 0 atom stereocenters. The van der Waals surface area contributed by atoms with E-state index in [-0.39, 0.29) is 31.6 Å².